The summed E-state index contributed by atoms with van der Waals surface area (Å²) < 4.78 is 4.86. The van der Waals surface area contributed by atoms with E-state index in [1.807, 2.05) is 0 Å². The number of carbonyl (C=O) groups is 3. The van der Waals surface area contributed by atoms with Crippen molar-refractivity contribution in [3.8, 4) is 0 Å². The fourth-order valence-electron chi connectivity index (χ4n) is 1.65. The van der Waals surface area contributed by atoms with Crippen molar-refractivity contribution < 1.29 is 18.2 Å². The second-order valence-electron chi connectivity index (χ2n) is 3.92. The molecule has 1 radical (unpaired) electrons. The van der Waals surface area contributed by atoms with Crippen molar-refractivity contribution >= 4 is 33.2 Å². The van der Waals surface area contributed by atoms with E-state index in [1.165, 1.54) is 0 Å². The van der Waals surface area contributed by atoms with Gasteiger partial charge in [0.2, 0.25) is 0 Å². The smallest absolute Gasteiger partial charge is 0.533 e. The number of hydrogen-bond acceptors (Lipinski definition) is 4. The lowest BCUT2D eigenvalue weighted by atomic mass is 10.1. The van der Waals surface area contributed by atoms with Crippen LogP contribution in [0.5, 0.6) is 0 Å². The molecule has 1 aliphatic rings. The third-order valence-electron chi connectivity index (χ3n) is 2.60. The van der Waals surface area contributed by atoms with Gasteiger partial charge in [0.15, 0.2) is 0 Å². The molecule has 1 saturated heterocycles. The topological polar surface area (TPSA) is 72.5 Å². The van der Waals surface area contributed by atoms with Crippen molar-refractivity contribution in [2.75, 3.05) is 0 Å². The third-order valence-corrected chi connectivity index (χ3v) is 3.60. The van der Waals surface area contributed by atoms with Crippen molar-refractivity contribution in [3.05, 3.63) is 35.9 Å². The quantitative estimate of drug-likeness (QED) is 0.778. The van der Waals surface area contributed by atoms with Gasteiger partial charge in [-0.2, -0.15) is 0 Å². The van der Waals surface area contributed by atoms with Crippen molar-refractivity contribution in [1.82, 2.24) is 5.32 Å². The minimum Gasteiger partial charge on any atom is -0.621 e. The standard InChI is InChI=1S/C12H12NO4.Al/c1-8(14)10(7-11(15)16)13-12(17)9-5-3-2-4-6-9;/h2-6,10H,1,7H2,(H,13,17)(H,15,16);/q;+1/p-1. The molecule has 0 aromatic heterocycles. The van der Waals surface area contributed by atoms with Crippen LogP contribution in [0.3, 0.4) is 0 Å². The Labute approximate surface area is 111 Å². The van der Waals surface area contributed by atoms with Gasteiger partial charge in [0.1, 0.15) is 5.78 Å². The fourth-order valence-corrected chi connectivity index (χ4v) is 2.46. The maximum absolute atomic E-state index is 11.9. The Morgan fingerprint density at radius 2 is 2.00 bits per heavy atom. The molecule has 2 rings (SSSR count). The van der Waals surface area contributed by atoms with Crippen LogP contribution in [0.4, 0.5) is 0 Å². The monoisotopic (exact) mass is 260 g/mol. The molecule has 6 heteroatoms. The summed E-state index contributed by atoms with van der Waals surface area (Å²) in [7, 11) is 0. The molecule has 0 spiro atoms. The van der Waals surface area contributed by atoms with E-state index < -0.39 is 27.6 Å². The predicted octanol–water partition coefficient (Wildman–Crippen LogP) is 0.338. The van der Waals surface area contributed by atoms with Crippen LogP contribution < -0.4 is 5.32 Å². The van der Waals surface area contributed by atoms with Gasteiger partial charge in [0.25, 0.3) is 11.9 Å². The highest BCUT2D eigenvalue weighted by molar-refractivity contribution is 6.38. The van der Waals surface area contributed by atoms with E-state index in [2.05, 4.69) is 5.32 Å². The van der Waals surface area contributed by atoms with Gasteiger partial charge in [-0.05, 0) is 17.4 Å². The Bertz CT molecular complexity index is 474. The molecule has 1 aliphatic heterocycles. The predicted molar refractivity (Wildman–Crippen MR) is 64.0 cm³/mol. The lowest BCUT2D eigenvalue weighted by molar-refractivity contribution is -0.135. The number of ketones is 1. The minimum atomic E-state index is -0.764. The highest BCUT2D eigenvalue weighted by Gasteiger charge is 2.28. The second-order valence-corrected chi connectivity index (χ2v) is 4.90. The summed E-state index contributed by atoms with van der Waals surface area (Å²) in [6, 6.07) is 7.82. The van der Waals surface area contributed by atoms with E-state index >= 15 is 0 Å². The van der Waals surface area contributed by atoms with E-state index in [0.29, 0.717) is 5.56 Å². The molecule has 0 saturated carbocycles. The van der Waals surface area contributed by atoms with Crippen LogP contribution in [-0.2, 0) is 13.4 Å². The summed E-state index contributed by atoms with van der Waals surface area (Å²) in [5.41, 5.74) is 0.468. The maximum Gasteiger partial charge on any atom is 0.533 e. The largest absolute Gasteiger partial charge is 0.621 e. The Morgan fingerprint density at radius 3 is 2.72 bits per heavy atom. The summed E-state index contributed by atoms with van der Waals surface area (Å²) in [5, 5.41) is 2.81. The van der Waals surface area contributed by atoms with E-state index in [1.54, 1.807) is 30.3 Å². The average Bonchev–Trinajstić information content (AvgIpc) is 2.53. The Hall–Kier alpha value is -1.64. The molecule has 91 valence electrons. The van der Waals surface area contributed by atoms with Crippen molar-refractivity contribution in [3.63, 3.8) is 0 Å². The van der Waals surface area contributed by atoms with Gasteiger partial charge < -0.3 is 9.11 Å². The summed E-state index contributed by atoms with van der Waals surface area (Å²) in [6.07, 6.45) is -0.0790. The van der Waals surface area contributed by atoms with Crippen LogP contribution in [0.1, 0.15) is 16.8 Å². The zero-order valence-corrected chi connectivity index (χ0v) is 10.7. The molecule has 1 aromatic rings. The van der Waals surface area contributed by atoms with Crippen LogP contribution in [0.25, 0.3) is 0 Å². The SMILES string of the molecule is O=C1CC(NC(=O)c2ccccc2)C(=O)[CH2][Al][O]1. The van der Waals surface area contributed by atoms with Crippen LogP contribution in [0, 0.1) is 0 Å². The summed E-state index contributed by atoms with van der Waals surface area (Å²) in [4.78, 5) is 34.8. The third kappa shape index (κ3) is 3.19. The molecule has 0 aliphatic carbocycles. The Kier molecular flexibility index (Phi) is 4.13. The Balaban J connectivity index is 2.05. The van der Waals surface area contributed by atoms with Crippen LogP contribution >= 0.6 is 0 Å². The molecule has 18 heavy (non-hydrogen) atoms. The van der Waals surface area contributed by atoms with Crippen molar-refractivity contribution in [1.29, 1.82) is 0 Å². The zero-order valence-electron chi connectivity index (χ0n) is 9.59. The van der Waals surface area contributed by atoms with Gasteiger partial charge >= 0.3 is 15.6 Å². The van der Waals surface area contributed by atoms with Gasteiger partial charge in [-0.1, -0.05) is 18.2 Å². The van der Waals surface area contributed by atoms with E-state index in [0.717, 1.165) is 0 Å². The number of carbonyl (C=O) groups excluding carboxylic acids is 3. The zero-order chi connectivity index (χ0) is 13.0. The van der Waals surface area contributed by atoms with E-state index in [-0.39, 0.29) is 23.4 Å². The van der Waals surface area contributed by atoms with E-state index in [4.69, 9.17) is 3.79 Å². The number of rotatable bonds is 2. The highest BCUT2D eigenvalue weighted by Crippen LogP contribution is 2.07. The number of nitrogens with one attached hydrogen (secondary N) is 1. The average molecular weight is 260 g/mol. The lowest BCUT2D eigenvalue weighted by Gasteiger charge is -2.14. The highest BCUT2D eigenvalue weighted by atomic mass is 27.1. The molecule has 1 aromatic carbocycles. The van der Waals surface area contributed by atoms with Crippen LogP contribution in [-0.4, -0.2) is 39.3 Å². The van der Waals surface area contributed by atoms with Crippen molar-refractivity contribution in [2.24, 2.45) is 0 Å². The molecule has 1 N–H and O–H groups in total. The first-order valence-electron chi connectivity index (χ1n) is 5.56. The van der Waals surface area contributed by atoms with E-state index in [9.17, 15) is 14.4 Å². The summed E-state index contributed by atoms with van der Waals surface area (Å²) in [5.74, 6) is -0.909. The second kappa shape index (κ2) is 5.81. The molecular weight excluding hydrogens is 249 g/mol. The van der Waals surface area contributed by atoms with Gasteiger partial charge in [0, 0.05) is 5.56 Å². The lowest BCUT2D eigenvalue weighted by Crippen LogP contribution is -2.41. The summed E-state index contributed by atoms with van der Waals surface area (Å²) in [6.45, 7) is 0. The molecule has 5 nitrogen and oxygen atoms in total. The van der Waals surface area contributed by atoms with Crippen LogP contribution in [0.15, 0.2) is 30.3 Å². The van der Waals surface area contributed by atoms with Gasteiger partial charge in [-0.15, -0.1) is 0 Å². The fraction of sp³-hybridized carbons (Fsp3) is 0.250. The summed E-state index contributed by atoms with van der Waals surface area (Å²) >= 11 is -0.623. The maximum atomic E-state index is 11.9. The van der Waals surface area contributed by atoms with Gasteiger partial charge in [-0.3, -0.25) is 14.4 Å². The molecule has 1 fully saturated rings. The minimum absolute atomic E-state index is 0.0790. The first-order valence-corrected chi connectivity index (χ1v) is 6.85. The number of Topliss-reactive ketones (excluding diaryl/α,β-unsaturated/α-hetero) is 1. The first-order chi connectivity index (χ1) is 8.66. The van der Waals surface area contributed by atoms with Crippen LogP contribution in [0.2, 0.25) is 5.28 Å². The number of amides is 1. The van der Waals surface area contributed by atoms with Gasteiger partial charge in [-0.25, -0.2) is 0 Å². The molecule has 1 heterocycles. The normalized spacial score (nSPS) is 19.4. The number of benzene rings is 1. The molecule has 1 unspecified atom stereocenters. The Morgan fingerprint density at radius 1 is 1.28 bits per heavy atom. The number of hydrogen-bond donors (Lipinski definition) is 1. The molecular formula is C12H11AlNO4. The van der Waals surface area contributed by atoms with Crippen molar-refractivity contribution in [2.45, 2.75) is 17.7 Å². The first kappa shape index (κ1) is 12.8. The molecule has 1 amide bonds. The molecule has 1 atom stereocenters. The van der Waals surface area contributed by atoms with Gasteiger partial charge in [0.05, 0.1) is 12.5 Å². The molecule has 0 bridgehead atoms.